The summed E-state index contributed by atoms with van der Waals surface area (Å²) >= 11 is 12.3. The Bertz CT molecular complexity index is 1200. The van der Waals surface area contributed by atoms with Crippen LogP contribution < -0.4 is 9.62 Å². The van der Waals surface area contributed by atoms with Gasteiger partial charge >= 0.3 is 0 Å². The number of aryl methyl sites for hydroxylation is 2. The third-order valence-electron chi connectivity index (χ3n) is 6.04. The van der Waals surface area contributed by atoms with Crippen molar-refractivity contribution in [2.24, 2.45) is 0 Å². The summed E-state index contributed by atoms with van der Waals surface area (Å²) < 4.78 is 26.7. The highest BCUT2D eigenvalue weighted by Crippen LogP contribution is 2.26. The van der Waals surface area contributed by atoms with Crippen LogP contribution in [0.2, 0.25) is 10.0 Å². The monoisotopic (exact) mass is 555 g/mol. The van der Waals surface area contributed by atoms with Crippen molar-refractivity contribution < 1.29 is 18.0 Å². The van der Waals surface area contributed by atoms with E-state index < -0.39 is 28.5 Å². The Morgan fingerprint density at radius 1 is 1.00 bits per heavy atom. The standard InChI is InChI=1S/C26H35Cl2N3O4S/c1-7-19(5)29-26(33)23(8-2)30(15-20-11-12-21(27)22(28)14-20)25(32)16-31(36(6,34)35)24-13-17(3)9-10-18(24)4/h9-14,19,23H,7-8,15-16H2,1-6H3,(H,29,33)/t19-,23+/m1/s1. The van der Waals surface area contributed by atoms with E-state index >= 15 is 0 Å². The molecule has 198 valence electrons. The molecule has 0 spiro atoms. The van der Waals surface area contributed by atoms with Crippen molar-refractivity contribution in [3.8, 4) is 0 Å². The van der Waals surface area contributed by atoms with Crippen LogP contribution in [0, 0.1) is 13.8 Å². The fourth-order valence-corrected chi connectivity index (χ4v) is 5.00. The van der Waals surface area contributed by atoms with Gasteiger partial charge in [0, 0.05) is 12.6 Å². The maximum absolute atomic E-state index is 13.8. The van der Waals surface area contributed by atoms with Crippen molar-refractivity contribution in [1.82, 2.24) is 10.2 Å². The molecule has 7 nitrogen and oxygen atoms in total. The molecule has 0 saturated heterocycles. The van der Waals surface area contributed by atoms with Crippen LogP contribution in [-0.4, -0.2) is 50.0 Å². The molecule has 0 radical (unpaired) electrons. The van der Waals surface area contributed by atoms with Gasteiger partial charge in [0.1, 0.15) is 12.6 Å². The van der Waals surface area contributed by atoms with Crippen molar-refractivity contribution in [3.05, 3.63) is 63.1 Å². The van der Waals surface area contributed by atoms with Crippen molar-refractivity contribution in [1.29, 1.82) is 0 Å². The van der Waals surface area contributed by atoms with Crippen molar-refractivity contribution >= 4 is 50.7 Å². The lowest BCUT2D eigenvalue weighted by Crippen LogP contribution is -2.53. The molecule has 2 rings (SSSR count). The second-order valence-electron chi connectivity index (χ2n) is 9.07. The first-order valence-electron chi connectivity index (χ1n) is 11.9. The minimum absolute atomic E-state index is 0.0621. The predicted octanol–water partition coefficient (Wildman–Crippen LogP) is 5.10. The number of anilines is 1. The van der Waals surface area contributed by atoms with Gasteiger partial charge in [-0.15, -0.1) is 0 Å². The van der Waals surface area contributed by atoms with Crippen LogP contribution in [0.3, 0.4) is 0 Å². The first-order chi connectivity index (χ1) is 16.8. The van der Waals surface area contributed by atoms with Gasteiger partial charge in [0.05, 0.1) is 22.0 Å². The molecule has 0 unspecified atom stereocenters. The number of sulfonamides is 1. The van der Waals surface area contributed by atoms with Gasteiger partial charge in [-0.1, -0.05) is 55.2 Å². The molecule has 2 aromatic rings. The first-order valence-corrected chi connectivity index (χ1v) is 14.5. The fraction of sp³-hybridized carbons (Fsp3) is 0.462. The predicted molar refractivity (Wildman–Crippen MR) is 147 cm³/mol. The van der Waals surface area contributed by atoms with Gasteiger partial charge in [0.2, 0.25) is 21.8 Å². The molecule has 0 aromatic heterocycles. The number of nitrogens with one attached hydrogen (secondary N) is 1. The topological polar surface area (TPSA) is 86.8 Å². The lowest BCUT2D eigenvalue weighted by atomic mass is 10.1. The summed E-state index contributed by atoms with van der Waals surface area (Å²) in [5, 5.41) is 3.64. The van der Waals surface area contributed by atoms with E-state index in [-0.39, 0.29) is 18.5 Å². The van der Waals surface area contributed by atoms with Gasteiger partial charge in [-0.05, 0) is 68.5 Å². The second kappa shape index (κ2) is 12.8. The number of carbonyl (C=O) groups excluding carboxylic acids is 2. The third-order valence-corrected chi connectivity index (χ3v) is 7.90. The summed E-state index contributed by atoms with van der Waals surface area (Å²) in [5.74, 6) is -0.795. The Hall–Kier alpha value is -2.29. The molecule has 2 aromatic carbocycles. The number of benzene rings is 2. The quantitative estimate of drug-likeness (QED) is 0.418. The second-order valence-corrected chi connectivity index (χ2v) is 11.8. The Kier molecular flexibility index (Phi) is 10.6. The highest BCUT2D eigenvalue weighted by atomic mass is 35.5. The number of nitrogens with zero attached hydrogens (tertiary/aromatic N) is 2. The summed E-state index contributed by atoms with van der Waals surface area (Å²) in [6.07, 6.45) is 2.15. The van der Waals surface area contributed by atoms with Gasteiger partial charge in [0.25, 0.3) is 0 Å². The Balaban J connectivity index is 2.51. The lowest BCUT2D eigenvalue weighted by Gasteiger charge is -2.33. The van der Waals surface area contributed by atoms with Crippen LogP contribution in [0.25, 0.3) is 0 Å². The fourth-order valence-electron chi connectivity index (χ4n) is 3.78. The van der Waals surface area contributed by atoms with Crippen molar-refractivity contribution in [2.45, 2.75) is 66.1 Å². The molecule has 0 bridgehead atoms. The highest BCUT2D eigenvalue weighted by Gasteiger charge is 2.32. The average Bonchev–Trinajstić information content (AvgIpc) is 2.80. The van der Waals surface area contributed by atoms with Crippen LogP contribution in [0.4, 0.5) is 5.69 Å². The van der Waals surface area contributed by atoms with Gasteiger partial charge in [-0.25, -0.2) is 8.42 Å². The summed E-state index contributed by atoms with van der Waals surface area (Å²) in [7, 11) is -3.80. The zero-order valence-electron chi connectivity index (χ0n) is 21.6. The minimum Gasteiger partial charge on any atom is -0.352 e. The van der Waals surface area contributed by atoms with Crippen LogP contribution >= 0.6 is 23.2 Å². The maximum Gasteiger partial charge on any atom is 0.244 e. The van der Waals surface area contributed by atoms with Gasteiger partial charge in [-0.2, -0.15) is 0 Å². The van der Waals surface area contributed by atoms with E-state index in [2.05, 4.69) is 5.32 Å². The summed E-state index contributed by atoms with van der Waals surface area (Å²) in [6.45, 7) is 8.92. The van der Waals surface area contributed by atoms with Crippen molar-refractivity contribution in [3.63, 3.8) is 0 Å². The highest BCUT2D eigenvalue weighted by molar-refractivity contribution is 7.92. The van der Waals surface area contributed by atoms with E-state index in [1.54, 1.807) is 31.2 Å². The number of carbonyl (C=O) groups is 2. The molecular weight excluding hydrogens is 521 g/mol. The SMILES string of the molecule is CC[C@@H](C)NC(=O)[C@H](CC)N(Cc1ccc(Cl)c(Cl)c1)C(=O)CN(c1cc(C)ccc1C)S(C)(=O)=O. The van der Waals surface area contributed by atoms with Crippen LogP contribution in [0.15, 0.2) is 36.4 Å². The normalized spacial score (nSPS) is 13.1. The molecule has 36 heavy (non-hydrogen) atoms. The summed E-state index contributed by atoms with van der Waals surface area (Å²) in [5.41, 5.74) is 2.68. The van der Waals surface area contributed by atoms with Gasteiger partial charge in [0.15, 0.2) is 0 Å². The van der Waals surface area contributed by atoms with Gasteiger partial charge in [-0.3, -0.25) is 13.9 Å². The van der Waals surface area contributed by atoms with E-state index in [1.165, 1.54) is 4.90 Å². The third kappa shape index (κ3) is 7.85. The molecule has 2 amide bonds. The van der Waals surface area contributed by atoms with E-state index in [0.717, 1.165) is 28.1 Å². The molecule has 2 atom stereocenters. The minimum atomic E-state index is -3.80. The summed E-state index contributed by atoms with van der Waals surface area (Å²) in [6, 6.07) is 9.55. The Morgan fingerprint density at radius 3 is 2.22 bits per heavy atom. The molecule has 1 N–H and O–H groups in total. The lowest BCUT2D eigenvalue weighted by molar-refractivity contribution is -0.140. The van der Waals surface area contributed by atoms with E-state index in [0.29, 0.717) is 27.7 Å². The molecule has 0 heterocycles. The van der Waals surface area contributed by atoms with E-state index in [1.807, 2.05) is 39.8 Å². The van der Waals surface area contributed by atoms with E-state index in [4.69, 9.17) is 23.2 Å². The summed E-state index contributed by atoms with van der Waals surface area (Å²) in [4.78, 5) is 28.4. The van der Waals surface area contributed by atoms with E-state index in [9.17, 15) is 18.0 Å². The molecular formula is C26H35Cl2N3O4S. The molecule has 0 saturated carbocycles. The van der Waals surface area contributed by atoms with Crippen LogP contribution in [-0.2, 0) is 26.2 Å². The number of hydrogen-bond acceptors (Lipinski definition) is 4. The smallest absolute Gasteiger partial charge is 0.244 e. The zero-order valence-corrected chi connectivity index (χ0v) is 24.0. The molecule has 0 fully saturated rings. The molecule has 0 aliphatic heterocycles. The first kappa shape index (κ1) is 29.9. The molecule has 0 aliphatic carbocycles. The van der Waals surface area contributed by atoms with Crippen LogP contribution in [0.5, 0.6) is 0 Å². The average molecular weight is 557 g/mol. The van der Waals surface area contributed by atoms with Crippen molar-refractivity contribution in [2.75, 3.05) is 17.1 Å². The van der Waals surface area contributed by atoms with Crippen LogP contribution in [0.1, 0.15) is 50.3 Å². The Morgan fingerprint density at radius 2 is 1.67 bits per heavy atom. The maximum atomic E-state index is 13.8. The molecule has 0 aliphatic rings. The number of halogens is 2. The number of amides is 2. The number of rotatable bonds is 11. The zero-order chi connectivity index (χ0) is 27.2. The Labute approximate surface area is 224 Å². The number of hydrogen-bond donors (Lipinski definition) is 1. The largest absolute Gasteiger partial charge is 0.352 e. The van der Waals surface area contributed by atoms with Gasteiger partial charge < -0.3 is 10.2 Å². The molecule has 10 heteroatoms.